The van der Waals surface area contributed by atoms with Gasteiger partial charge in [-0.05, 0) is 81.6 Å². The minimum absolute atomic E-state index is 1.13. The predicted octanol–water partition coefficient (Wildman–Crippen LogP) is 12.0. The summed E-state index contributed by atoms with van der Waals surface area (Å²) in [7, 11) is 0. The van der Waals surface area contributed by atoms with Crippen LogP contribution in [0.1, 0.15) is 0 Å². The van der Waals surface area contributed by atoms with Gasteiger partial charge in [-0.25, -0.2) is 0 Å². The topological polar surface area (TPSA) is 3.24 Å². The molecule has 198 valence electrons. The maximum Gasteiger partial charge on any atom is 0.0468 e. The molecule has 0 atom stereocenters. The standard InChI is InChI=1S/C40H27NS/c1-3-9-28(10-4-1)29-15-17-30(18-16-29)31-19-22-34(23-20-31)41(33-11-5-2-6-12-33)35-24-25-36-32(27-35)21-26-39-40(36)37-13-7-8-14-38(37)42-39/h1-27H. The van der Waals surface area contributed by atoms with Gasteiger partial charge in [0, 0.05) is 37.2 Å². The molecule has 0 saturated carbocycles. The molecule has 0 radical (unpaired) electrons. The summed E-state index contributed by atoms with van der Waals surface area (Å²) in [4.78, 5) is 2.34. The van der Waals surface area contributed by atoms with Crippen molar-refractivity contribution in [3.05, 3.63) is 164 Å². The van der Waals surface area contributed by atoms with E-state index < -0.39 is 0 Å². The van der Waals surface area contributed by atoms with Gasteiger partial charge >= 0.3 is 0 Å². The van der Waals surface area contributed by atoms with E-state index in [0.29, 0.717) is 0 Å². The van der Waals surface area contributed by atoms with Crippen molar-refractivity contribution in [2.45, 2.75) is 0 Å². The highest BCUT2D eigenvalue weighted by Crippen LogP contribution is 2.41. The van der Waals surface area contributed by atoms with Crippen molar-refractivity contribution in [1.29, 1.82) is 0 Å². The van der Waals surface area contributed by atoms with Gasteiger partial charge < -0.3 is 4.90 Å². The molecule has 0 unspecified atom stereocenters. The molecule has 1 aromatic heterocycles. The predicted molar refractivity (Wildman–Crippen MR) is 182 cm³/mol. The van der Waals surface area contributed by atoms with Crippen LogP contribution in [0.25, 0.3) is 53.2 Å². The van der Waals surface area contributed by atoms with Crippen molar-refractivity contribution in [2.24, 2.45) is 0 Å². The zero-order valence-electron chi connectivity index (χ0n) is 22.9. The molecule has 2 heteroatoms. The number of nitrogens with zero attached hydrogens (tertiary/aromatic N) is 1. The minimum Gasteiger partial charge on any atom is -0.310 e. The van der Waals surface area contributed by atoms with E-state index in [1.165, 1.54) is 53.2 Å². The van der Waals surface area contributed by atoms with E-state index >= 15 is 0 Å². The summed E-state index contributed by atoms with van der Waals surface area (Å²) in [6.45, 7) is 0. The summed E-state index contributed by atoms with van der Waals surface area (Å²) in [6.07, 6.45) is 0. The molecule has 1 nitrogen and oxygen atoms in total. The third kappa shape index (κ3) is 4.34. The lowest BCUT2D eigenvalue weighted by Crippen LogP contribution is -2.09. The smallest absolute Gasteiger partial charge is 0.0468 e. The van der Waals surface area contributed by atoms with Gasteiger partial charge in [0.15, 0.2) is 0 Å². The first kappa shape index (κ1) is 24.6. The van der Waals surface area contributed by atoms with Crippen LogP contribution >= 0.6 is 11.3 Å². The Labute approximate surface area is 249 Å². The average molecular weight is 554 g/mol. The van der Waals surface area contributed by atoms with E-state index in [-0.39, 0.29) is 0 Å². The Morgan fingerprint density at radius 2 is 0.905 bits per heavy atom. The summed E-state index contributed by atoms with van der Waals surface area (Å²) < 4.78 is 2.67. The number of fused-ring (bicyclic) bond motifs is 5. The molecular formula is C40H27NS. The van der Waals surface area contributed by atoms with E-state index in [1.54, 1.807) is 0 Å². The summed E-state index contributed by atoms with van der Waals surface area (Å²) in [5, 5.41) is 5.24. The molecule has 42 heavy (non-hydrogen) atoms. The van der Waals surface area contributed by atoms with Crippen LogP contribution in [0, 0.1) is 0 Å². The lowest BCUT2D eigenvalue weighted by molar-refractivity contribution is 1.29. The monoisotopic (exact) mass is 553 g/mol. The summed E-state index contributed by atoms with van der Waals surface area (Å²) in [6, 6.07) is 59.1. The lowest BCUT2D eigenvalue weighted by atomic mass is 10.00. The van der Waals surface area contributed by atoms with E-state index in [4.69, 9.17) is 0 Å². The molecule has 0 aliphatic heterocycles. The quantitative estimate of drug-likeness (QED) is 0.205. The maximum atomic E-state index is 2.34. The van der Waals surface area contributed by atoms with Crippen LogP contribution < -0.4 is 4.90 Å². The summed E-state index contributed by atoms with van der Waals surface area (Å²) >= 11 is 1.87. The van der Waals surface area contributed by atoms with Crippen molar-refractivity contribution in [3.63, 3.8) is 0 Å². The Balaban J connectivity index is 1.18. The Morgan fingerprint density at radius 1 is 0.357 bits per heavy atom. The molecule has 0 N–H and O–H groups in total. The Kier molecular flexibility index (Phi) is 6.05. The second-order valence-corrected chi connectivity index (χ2v) is 11.7. The molecule has 1 heterocycles. The van der Waals surface area contributed by atoms with Gasteiger partial charge in [0.05, 0.1) is 0 Å². The fraction of sp³-hybridized carbons (Fsp3) is 0. The summed E-state index contributed by atoms with van der Waals surface area (Å²) in [5.74, 6) is 0. The number of anilines is 3. The van der Waals surface area contributed by atoms with Gasteiger partial charge in [-0.3, -0.25) is 0 Å². The van der Waals surface area contributed by atoms with Crippen LogP contribution in [-0.4, -0.2) is 0 Å². The van der Waals surface area contributed by atoms with E-state index in [1.807, 2.05) is 11.3 Å². The van der Waals surface area contributed by atoms with E-state index in [0.717, 1.165) is 17.1 Å². The van der Waals surface area contributed by atoms with E-state index in [2.05, 4.69) is 169 Å². The third-order valence-corrected chi connectivity index (χ3v) is 9.20. The molecule has 0 fully saturated rings. The van der Waals surface area contributed by atoms with Crippen LogP contribution in [0.3, 0.4) is 0 Å². The van der Waals surface area contributed by atoms with Crippen molar-refractivity contribution in [2.75, 3.05) is 4.90 Å². The van der Waals surface area contributed by atoms with Crippen LogP contribution in [-0.2, 0) is 0 Å². The minimum atomic E-state index is 1.13. The van der Waals surface area contributed by atoms with Crippen LogP contribution in [0.5, 0.6) is 0 Å². The number of hydrogen-bond donors (Lipinski definition) is 0. The molecule has 0 amide bonds. The van der Waals surface area contributed by atoms with Crippen LogP contribution in [0.2, 0.25) is 0 Å². The Bertz CT molecular complexity index is 2160. The fourth-order valence-corrected chi connectivity index (χ4v) is 7.11. The second-order valence-electron chi connectivity index (χ2n) is 10.6. The van der Waals surface area contributed by atoms with Gasteiger partial charge in [-0.2, -0.15) is 0 Å². The molecule has 8 rings (SSSR count). The fourth-order valence-electron chi connectivity index (χ4n) is 5.99. The number of thiophene rings is 1. The molecule has 0 aliphatic carbocycles. The molecule has 0 saturated heterocycles. The highest BCUT2D eigenvalue weighted by atomic mass is 32.1. The van der Waals surface area contributed by atoms with Gasteiger partial charge in [0.1, 0.15) is 0 Å². The molecular weight excluding hydrogens is 527 g/mol. The Hall–Kier alpha value is -5.18. The first-order chi connectivity index (χ1) is 20.8. The van der Waals surface area contributed by atoms with Gasteiger partial charge in [-0.15, -0.1) is 11.3 Å². The van der Waals surface area contributed by atoms with Crippen molar-refractivity contribution in [3.8, 4) is 22.3 Å². The van der Waals surface area contributed by atoms with Crippen LogP contribution in [0.4, 0.5) is 17.1 Å². The number of benzene rings is 7. The number of para-hydroxylation sites is 1. The Morgan fingerprint density at radius 3 is 1.62 bits per heavy atom. The highest BCUT2D eigenvalue weighted by Gasteiger charge is 2.15. The van der Waals surface area contributed by atoms with Gasteiger partial charge in [0.2, 0.25) is 0 Å². The SMILES string of the molecule is c1ccc(-c2ccc(-c3ccc(N(c4ccccc4)c4ccc5c(ccc6sc7ccccc7c65)c4)cc3)cc2)cc1. The number of rotatable bonds is 5. The first-order valence-electron chi connectivity index (χ1n) is 14.3. The van der Waals surface area contributed by atoms with Crippen molar-refractivity contribution in [1.82, 2.24) is 0 Å². The average Bonchev–Trinajstić information content (AvgIpc) is 3.45. The van der Waals surface area contributed by atoms with E-state index in [9.17, 15) is 0 Å². The molecule has 0 bridgehead atoms. The van der Waals surface area contributed by atoms with Crippen LogP contribution in [0.15, 0.2) is 164 Å². The molecule has 0 spiro atoms. The first-order valence-corrected chi connectivity index (χ1v) is 15.1. The second kappa shape index (κ2) is 10.3. The lowest BCUT2D eigenvalue weighted by Gasteiger charge is -2.26. The third-order valence-electron chi connectivity index (χ3n) is 8.06. The van der Waals surface area contributed by atoms with Gasteiger partial charge in [0.25, 0.3) is 0 Å². The molecule has 7 aromatic carbocycles. The van der Waals surface area contributed by atoms with Gasteiger partial charge in [-0.1, -0.05) is 115 Å². The molecule has 0 aliphatic rings. The zero-order valence-corrected chi connectivity index (χ0v) is 23.8. The van der Waals surface area contributed by atoms with Crippen molar-refractivity contribution >= 4 is 59.3 Å². The maximum absolute atomic E-state index is 2.34. The number of hydrogen-bond acceptors (Lipinski definition) is 2. The highest BCUT2D eigenvalue weighted by molar-refractivity contribution is 7.26. The summed E-state index contributed by atoms with van der Waals surface area (Å²) in [5.41, 5.74) is 8.30. The molecule has 8 aromatic rings. The zero-order chi connectivity index (χ0) is 27.9. The normalized spacial score (nSPS) is 11.3. The van der Waals surface area contributed by atoms with Crippen molar-refractivity contribution < 1.29 is 0 Å². The largest absolute Gasteiger partial charge is 0.310 e.